The SMILES string of the molecule is CCCC(C)S(=O)CC(C)CN. The monoisotopic (exact) mass is 191 g/mol. The topological polar surface area (TPSA) is 43.1 Å². The normalized spacial score (nSPS) is 18.7. The van der Waals surface area contributed by atoms with Crippen LogP contribution in [0.15, 0.2) is 0 Å². The van der Waals surface area contributed by atoms with E-state index >= 15 is 0 Å². The van der Waals surface area contributed by atoms with Crippen molar-refractivity contribution in [2.24, 2.45) is 11.7 Å². The van der Waals surface area contributed by atoms with Crippen LogP contribution in [-0.2, 0) is 10.8 Å². The van der Waals surface area contributed by atoms with E-state index in [4.69, 9.17) is 5.73 Å². The molecule has 0 aliphatic rings. The van der Waals surface area contributed by atoms with Crippen molar-refractivity contribution < 1.29 is 4.21 Å². The lowest BCUT2D eigenvalue weighted by Crippen LogP contribution is -2.22. The Morgan fingerprint density at radius 1 is 1.42 bits per heavy atom. The lowest BCUT2D eigenvalue weighted by Gasteiger charge is -2.13. The largest absolute Gasteiger partial charge is 0.330 e. The van der Waals surface area contributed by atoms with Gasteiger partial charge < -0.3 is 5.73 Å². The van der Waals surface area contributed by atoms with Crippen molar-refractivity contribution in [1.29, 1.82) is 0 Å². The molecule has 0 saturated carbocycles. The van der Waals surface area contributed by atoms with Crippen LogP contribution in [0.2, 0.25) is 0 Å². The molecule has 0 radical (unpaired) electrons. The van der Waals surface area contributed by atoms with Gasteiger partial charge in [-0.3, -0.25) is 4.21 Å². The molecule has 0 aromatic rings. The van der Waals surface area contributed by atoms with E-state index in [9.17, 15) is 4.21 Å². The van der Waals surface area contributed by atoms with E-state index in [-0.39, 0.29) is 0 Å². The summed E-state index contributed by atoms with van der Waals surface area (Å²) < 4.78 is 11.6. The maximum absolute atomic E-state index is 11.6. The summed E-state index contributed by atoms with van der Waals surface area (Å²) in [6, 6.07) is 0. The van der Waals surface area contributed by atoms with Crippen LogP contribution in [-0.4, -0.2) is 21.8 Å². The summed E-state index contributed by atoms with van der Waals surface area (Å²) in [5, 5.41) is 0.337. The van der Waals surface area contributed by atoms with Crippen LogP contribution >= 0.6 is 0 Å². The smallest absolute Gasteiger partial charge is 0.0319 e. The zero-order valence-electron chi connectivity index (χ0n) is 8.38. The number of rotatable bonds is 6. The molecule has 3 unspecified atom stereocenters. The van der Waals surface area contributed by atoms with Gasteiger partial charge in [0, 0.05) is 21.8 Å². The van der Waals surface area contributed by atoms with E-state index in [0.29, 0.717) is 17.7 Å². The van der Waals surface area contributed by atoms with Gasteiger partial charge in [-0.1, -0.05) is 27.2 Å². The van der Waals surface area contributed by atoms with Crippen LogP contribution in [0.25, 0.3) is 0 Å². The quantitative estimate of drug-likeness (QED) is 0.691. The first kappa shape index (κ1) is 12.1. The maximum Gasteiger partial charge on any atom is 0.0319 e. The van der Waals surface area contributed by atoms with Crippen LogP contribution in [0.4, 0.5) is 0 Å². The Morgan fingerprint density at radius 3 is 2.42 bits per heavy atom. The summed E-state index contributed by atoms with van der Waals surface area (Å²) in [5.74, 6) is 1.16. The van der Waals surface area contributed by atoms with E-state index in [0.717, 1.165) is 18.6 Å². The van der Waals surface area contributed by atoms with Crippen LogP contribution < -0.4 is 5.73 Å². The van der Waals surface area contributed by atoms with Gasteiger partial charge in [0.25, 0.3) is 0 Å². The molecular weight excluding hydrogens is 170 g/mol. The standard InChI is InChI=1S/C9H21NOS/c1-4-5-9(3)12(11)7-8(2)6-10/h8-9H,4-7,10H2,1-3H3. The van der Waals surface area contributed by atoms with E-state index in [1.165, 1.54) is 0 Å². The molecule has 3 heteroatoms. The Labute approximate surface area is 78.4 Å². The van der Waals surface area contributed by atoms with Gasteiger partial charge in [0.2, 0.25) is 0 Å². The molecular formula is C9H21NOS. The zero-order chi connectivity index (χ0) is 9.56. The second-order valence-corrected chi connectivity index (χ2v) is 5.39. The fourth-order valence-corrected chi connectivity index (χ4v) is 2.57. The van der Waals surface area contributed by atoms with Gasteiger partial charge in [-0.15, -0.1) is 0 Å². The fraction of sp³-hybridized carbons (Fsp3) is 1.00. The van der Waals surface area contributed by atoms with Crippen molar-refractivity contribution in [3.63, 3.8) is 0 Å². The summed E-state index contributed by atoms with van der Waals surface area (Å²) in [6.07, 6.45) is 2.17. The molecule has 12 heavy (non-hydrogen) atoms. The molecule has 0 heterocycles. The first-order valence-corrected chi connectivity index (χ1v) is 6.07. The van der Waals surface area contributed by atoms with Gasteiger partial charge in [0.1, 0.15) is 0 Å². The Bertz CT molecular complexity index is 138. The van der Waals surface area contributed by atoms with Gasteiger partial charge in [-0.25, -0.2) is 0 Å². The van der Waals surface area contributed by atoms with Gasteiger partial charge in [-0.2, -0.15) is 0 Å². The number of hydrogen-bond donors (Lipinski definition) is 1. The Morgan fingerprint density at radius 2 is 2.00 bits per heavy atom. The molecule has 0 saturated heterocycles. The molecule has 0 aliphatic heterocycles. The van der Waals surface area contributed by atoms with Crippen LogP contribution in [0.3, 0.4) is 0 Å². The predicted octanol–water partition coefficient (Wildman–Crippen LogP) is 1.52. The average Bonchev–Trinajstić information content (AvgIpc) is 2.04. The van der Waals surface area contributed by atoms with Crippen LogP contribution in [0.5, 0.6) is 0 Å². The Hall–Kier alpha value is 0.110. The predicted molar refractivity (Wildman–Crippen MR) is 55.6 cm³/mol. The summed E-state index contributed by atoms with van der Waals surface area (Å²) in [7, 11) is -0.675. The molecule has 0 rings (SSSR count). The molecule has 0 fully saturated rings. The van der Waals surface area contributed by atoms with Crippen LogP contribution in [0.1, 0.15) is 33.6 Å². The molecule has 0 bridgehead atoms. The second-order valence-electron chi connectivity index (χ2n) is 3.49. The zero-order valence-corrected chi connectivity index (χ0v) is 9.19. The lowest BCUT2D eigenvalue weighted by atomic mass is 10.2. The third-order valence-electron chi connectivity index (χ3n) is 2.00. The minimum Gasteiger partial charge on any atom is -0.330 e. The highest BCUT2D eigenvalue weighted by atomic mass is 32.2. The van der Waals surface area contributed by atoms with Crippen molar-refractivity contribution in [1.82, 2.24) is 0 Å². The highest BCUT2D eigenvalue weighted by molar-refractivity contribution is 7.85. The Balaban J connectivity index is 3.70. The Kier molecular flexibility index (Phi) is 6.67. The van der Waals surface area contributed by atoms with Crippen molar-refractivity contribution in [2.45, 2.75) is 38.9 Å². The second kappa shape index (κ2) is 6.61. The van der Waals surface area contributed by atoms with Crippen LogP contribution in [0, 0.1) is 5.92 Å². The van der Waals surface area contributed by atoms with Gasteiger partial charge in [-0.05, 0) is 18.9 Å². The first-order chi connectivity index (χ1) is 5.61. The van der Waals surface area contributed by atoms with Crippen molar-refractivity contribution in [3.8, 4) is 0 Å². The first-order valence-electron chi connectivity index (χ1n) is 4.69. The number of hydrogen-bond acceptors (Lipinski definition) is 2. The summed E-state index contributed by atoms with van der Waals surface area (Å²) in [6.45, 7) is 6.88. The van der Waals surface area contributed by atoms with Crippen molar-refractivity contribution in [2.75, 3.05) is 12.3 Å². The highest BCUT2D eigenvalue weighted by Gasteiger charge is 2.12. The molecule has 2 nitrogen and oxygen atoms in total. The molecule has 0 aliphatic carbocycles. The number of nitrogens with two attached hydrogens (primary N) is 1. The van der Waals surface area contributed by atoms with E-state index in [2.05, 4.69) is 20.8 Å². The highest BCUT2D eigenvalue weighted by Crippen LogP contribution is 2.07. The molecule has 2 N–H and O–H groups in total. The third-order valence-corrected chi connectivity index (χ3v) is 4.03. The van der Waals surface area contributed by atoms with Gasteiger partial charge in [0.15, 0.2) is 0 Å². The van der Waals surface area contributed by atoms with E-state index in [1.807, 2.05) is 0 Å². The fourth-order valence-electron chi connectivity index (χ4n) is 1.05. The van der Waals surface area contributed by atoms with Gasteiger partial charge in [0.05, 0.1) is 0 Å². The lowest BCUT2D eigenvalue weighted by molar-refractivity contribution is 0.626. The van der Waals surface area contributed by atoms with Crippen molar-refractivity contribution in [3.05, 3.63) is 0 Å². The summed E-state index contributed by atoms with van der Waals surface area (Å²) >= 11 is 0. The van der Waals surface area contributed by atoms with Gasteiger partial charge >= 0.3 is 0 Å². The molecule has 3 atom stereocenters. The van der Waals surface area contributed by atoms with Crippen molar-refractivity contribution >= 4 is 10.8 Å². The summed E-state index contributed by atoms with van der Waals surface area (Å²) in [5.41, 5.74) is 5.46. The maximum atomic E-state index is 11.6. The molecule has 0 aromatic carbocycles. The molecule has 0 aromatic heterocycles. The molecule has 74 valence electrons. The van der Waals surface area contributed by atoms with E-state index < -0.39 is 10.8 Å². The average molecular weight is 191 g/mol. The third kappa shape index (κ3) is 4.88. The van der Waals surface area contributed by atoms with E-state index in [1.54, 1.807) is 0 Å². The minimum absolute atomic E-state index is 0.337. The summed E-state index contributed by atoms with van der Waals surface area (Å²) in [4.78, 5) is 0. The molecule has 0 amide bonds. The minimum atomic E-state index is -0.675. The molecule has 0 spiro atoms.